The van der Waals surface area contributed by atoms with E-state index in [1.54, 1.807) is 36.4 Å². The van der Waals surface area contributed by atoms with Crippen LogP contribution in [0.1, 0.15) is 47.3 Å². The largest absolute Gasteiger partial charge is 0.494 e. The number of benzene rings is 4. The van der Waals surface area contributed by atoms with Gasteiger partial charge in [0.2, 0.25) is 0 Å². The lowest BCUT2D eigenvalue weighted by Crippen LogP contribution is -2.32. The molecule has 0 fully saturated rings. The van der Waals surface area contributed by atoms with E-state index in [1.165, 1.54) is 11.3 Å². The fourth-order valence-electron chi connectivity index (χ4n) is 5.01. The minimum atomic E-state index is -0.989. The molecular weight excluding hydrogens is 524 g/mol. The number of hydrogen-bond acceptors (Lipinski definition) is 5. The Hall–Kier alpha value is -4.58. The van der Waals surface area contributed by atoms with Gasteiger partial charge in [-0.3, -0.25) is 4.79 Å². The van der Waals surface area contributed by atoms with E-state index in [0.717, 1.165) is 30.8 Å². The van der Waals surface area contributed by atoms with Gasteiger partial charge in [0, 0.05) is 42.0 Å². The van der Waals surface area contributed by atoms with Crippen LogP contribution in [-0.4, -0.2) is 42.6 Å². The van der Waals surface area contributed by atoms with E-state index in [4.69, 9.17) is 4.74 Å². The normalized spacial score (nSPS) is 11.6. The van der Waals surface area contributed by atoms with Gasteiger partial charge in [0.05, 0.1) is 6.61 Å². The quantitative estimate of drug-likeness (QED) is 0.117. The SMILES string of the molecule is Cc1ccccc1N(CCCOc1ccc(C[C@H](Nc2ccccc2C(=O)c2ccccc2)C(=O)O)cc1)CC(C)C. The molecule has 6 heteroatoms. The maximum Gasteiger partial charge on any atom is 0.326 e. The molecule has 0 radical (unpaired) electrons. The van der Waals surface area contributed by atoms with Crippen molar-refractivity contribution in [2.75, 3.05) is 29.9 Å². The number of aryl methyl sites for hydroxylation is 1. The third-order valence-electron chi connectivity index (χ3n) is 7.08. The summed E-state index contributed by atoms with van der Waals surface area (Å²) in [5, 5.41) is 13.1. The molecule has 0 spiro atoms. The van der Waals surface area contributed by atoms with Gasteiger partial charge in [0.25, 0.3) is 0 Å². The molecule has 0 aliphatic rings. The van der Waals surface area contributed by atoms with Crippen molar-refractivity contribution in [3.63, 3.8) is 0 Å². The average molecular weight is 565 g/mol. The van der Waals surface area contributed by atoms with Crippen LogP contribution in [0.5, 0.6) is 5.75 Å². The van der Waals surface area contributed by atoms with E-state index >= 15 is 0 Å². The maximum atomic E-state index is 13.1. The molecule has 4 rings (SSSR count). The zero-order valence-corrected chi connectivity index (χ0v) is 24.6. The summed E-state index contributed by atoms with van der Waals surface area (Å²) in [6, 6.07) is 31.1. The first kappa shape index (κ1) is 30.4. The monoisotopic (exact) mass is 564 g/mol. The first-order valence-electron chi connectivity index (χ1n) is 14.5. The Balaban J connectivity index is 1.34. The van der Waals surface area contributed by atoms with Crippen molar-refractivity contribution >= 4 is 23.1 Å². The first-order valence-corrected chi connectivity index (χ1v) is 14.5. The Kier molecular flexibility index (Phi) is 10.8. The Morgan fingerprint density at radius 2 is 1.52 bits per heavy atom. The first-order chi connectivity index (χ1) is 20.3. The molecule has 2 N–H and O–H groups in total. The van der Waals surface area contributed by atoms with Crippen molar-refractivity contribution in [1.82, 2.24) is 0 Å². The van der Waals surface area contributed by atoms with Gasteiger partial charge in [0.15, 0.2) is 5.78 Å². The number of aliphatic carboxylic acids is 1. The number of anilines is 2. The summed E-state index contributed by atoms with van der Waals surface area (Å²) in [5.74, 6) is 0.163. The Bertz CT molecular complexity index is 1450. The molecule has 218 valence electrons. The summed E-state index contributed by atoms with van der Waals surface area (Å²) in [4.78, 5) is 27.7. The topological polar surface area (TPSA) is 78.9 Å². The molecule has 4 aromatic rings. The van der Waals surface area contributed by atoms with Gasteiger partial charge in [-0.05, 0) is 60.7 Å². The van der Waals surface area contributed by atoms with Crippen molar-refractivity contribution in [1.29, 1.82) is 0 Å². The Morgan fingerprint density at radius 1 is 0.857 bits per heavy atom. The van der Waals surface area contributed by atoms with Crippen LogP contribution in [-0.2, 0) is 11.2 Å². The molecule has 1 atom stereocenters. The van der Waals surface area contributed by atoms with E-state index in [1.807, 2.05) is 42.5 Å². The van der Waals surface area contributed by atoms with Crippen molar-refractivity contribution in [2.45, 2.75) is 39.7 Å². The Morgan fingerprint density at radius 3 is 2.21 bits per heavy atom. The summed E-state index contributed by atoms with van der Waals surface area (Å²) in [5.41, 5.74) is 4.89. The van der Waals surface area contributed by atoms with Gasteiger partial charge in [-0.25, -0.2) is 4.79 Å². The predicted octanol–water partition coefficient (Wildman–Crippen LogP) is 7.27. The standard InChI is InChI=1S/C36H40N2O4/c1-26(2)25-38(34-17-10-7-12-27(34)3)22-11-23-42-30-20-18-28(19-21-30)24-33(36(40)41)37-32-16-9-8-15-31(32)35(39)29-13-5-4-6-14-29/h4-10,12-21,26,33,37H,11,22-25H2,1-3H3,(H,40,41)/t33-/m0/s1. The van der Waals surface area contributed by atoms with Crippen LogP contribution < -0.4 is 15.0 Å². The summed E-state index contributed by atoms with van der Waals surface area (Å²) in [6.45, 7) is 9.09. The number of carboxylic acids is 1. The van der Waals surface area contributed by atoms with Gasteiger partial charge in [0.1, 0.15) is 11.8 Å². The minimum absolute atomic E-state index is 0.157. The highest BCUT2D eigenvalue weighted by molar-refractivity contribution is 6.12. The molecule has 0 bridgehead atoms. The molecule has 4 aromatic carbocycles. The van der Waals surface area contributed by atoms with Gasteiger partial charge in [-0.2, -0.15) is 0 Å². The molecule has 6 nitrogen and oxygen atoms in total. The number of para-hydroxylation sites is 2. The molecule has 0 heterocycles. The predicted molar refractivity (Wildman–Crippen MR) is 170 cm³/mol. The molecule has 42 heavy (non-hydrogen) atoms. The third-order valence-corrected chi connectivity index (χ3v) is 7.08. The van der Waals surface area contributed by atoms with E-state index in [-0.39, 0.29) is 12.2 Å². The number of nitrogens with zero attached hydrogens (tertiary/aromatic N) is 1. The minimum Gasteiger partial charge on any atom is -0.494 e. The van der Waals surface area contributed by atoms with Crippen LogP contribution in [0, 0.1) is 12.8 Å². The van der Waals surface area contributed by atoms with Crippen LogP contribution in [0.15, 0.2) is 103 Å². The molecule has 0 saturated heterocycles. The molecular formula is C36H40N2O4. The second kappa shape index (κ2) is 14.9. The maximum absolute atomic E-state index is 13.1. The number of ketones is 1. The van der Waals surface area contributed by atoms with Crippen molar-refractivity contribution in [3.05, 3.63) is 125 Å². The van der Waals surface area contributed by atoms with Crippen LogP contribution >= 0.6 is 0 Å². The Labute approximate surface area is 249 Å². The average Bonchev–Trinajstić information content (AvgIpc) is 2.99. The highest BCUT2D eigenvalue weighted by atomic mass is 16.5. The van der Waals surface area contributed by atoms with E-state index in [0.29, 0.717) is 29.3 Å². The fraction of sp³-hybridized carbons (Fsp3) is 0.278. The molecule has 0 saturated carbocycles. The summed E-state index contributed by atoms with van der Waals surface area (Å²) in [6.07, 6.45) is 1.14. The van der Waals surface area contributed by atoms with Crippen molar-refractivity contribution < 1.29 is 19.4 Å². The van der Waals surface area contributed by atoms with Gasteiger partial charge in [-0.1, -0.05) is 86.6 Å². The van der Waals surface area contributed by atoms with Crippen molar-refractivity contribution in [2.24, 2.45) is 5.92 Å². The molecule has 0 aromatic heterocycles. The molecule has 0 unspecified atom stereocenters. The lowest BCUT2D eigenvalue weighted by molar-refractivity contribution is -0.137. The van der Waals surface area contributed by atoms with Gasteiger partial charge < -0.3 is 20.1 Å². The van der Waals surface area contributed by atoms with E-state index in [9.17, 15) is 14.7 Å². The van der Waals surface area contributed by atoms with Crippen LogP contribution in [0.2, 0.25) is 0 Å². The van der Waals surface area contributed by atoms with E-state index in [2.05, 4.69) is 55.3 Å². The number of carbonyl (C=O) groups excluding carboxylic acids is 1. The van der Waals surface area contributed by atoms with Crippen molar-refractivity contribution in [3.8, 4) is 5.75 Å². The smallest absolute Gasteiger partial charge is 0.326 e. The summed E-state index contributed by atoms with van der Waals surface area (Å²) in [7, 11) is 0. The van der Waals surface area contributed by atoms with Gasteiger partial charge in [-0.15, -0.1) is 0 Å². The number of ether oxygens (including phenoxy) is 1. The highest BCUT2D eigenvalue weighted by Gasteiger charge is 2.21. The molecule has 0 aliphatic heterocycles. The molecule has 0 amide bonds. The van der Waals surface area contributed by atoms with Crippen LogP contribution in [0.25, 0.3) is 0 Å². The zero-order chi connectivity index (χ0) is 29.9. The number of rotatable bonds is 15. The summed E-state index contributed by atoms with van der Waals surface area (Å²) >= 11 is 0. The van der Waals surface area contributed by atoms with E-state index < -0.39 is 12.0 Å². The zero-order valence-electron chi connectivity index (χ0n) is 24.6. The van der Waals surface area contributed by atoms with Gasteiger partial charge >= 0.3 is 5.97 Å². The molecule has 0 aliphatic carbocycles. The number of carboxylic acid groups (broad SMARTS) is 1. The second-order valence-electron chi connectivity index (χ2n) is 11.0. The number of hydrogen-bond donors (Lipinski definition) is 2. The second-order valence-corrected chi connectivity index (χ2v) is 11.0. The fourth-order valence-corrected chi connectivity index (χ4v) is 5.01. The lowest BCUT2D eigenvalue weighted by Gasteiger charge is -2.28. The highest BCUT2D eigenvalue weighted by Crippen LogP contribution is 2.23. The lowest BCUT2D eigenvalue weighted by atomic mass is 10.00. The number of nitrogens with one attached hydrogen (secondary N) is 1. The van der Waals surface area contributed by atoms with Crippen LogP contribution in [0.3, 0.4) is 0 Å². The summed E-state index contributed by atoms with van der Waals surface area (Å²) < 4.78 is 6.02. The number of carbonyl (C=O) groups is 2. The van der Waals surface area contributed by atoms with Crippen LogP contribution in [0.4, 0.5) is 11.4 Å². The third kappa shape index (κ3) is 8.46.